The summed E-state index contributed by atoms with van der Waals surface area (Å²) in [5.41, 5.74) is 4.98. The van der Waals surface area contributed by atoms with Gasteiger partial charge in [0.2, 0.25) is 0 Å². The predicted octanol–water partition coefficient (Wildman–Crippen LogP) is 3.71. The third kappa shape index (κ3) is 3.14. The number of rotatable bonds is 3. The minimum absolute atomic E-state index is 0.326. The van der Waals surface area contributed by atoms with Gasteiger partial charge in [-0.05, 0) is 50.2 Å². The molecule has 3 aromatic rings. The Morgan fingerprint density at radius 2 is 1.96 bits per heavy atom. The molecule has 0 aromatic carbocycles. The molecular weight excluding hydrogens is 350 g/mol. The largest absolute Gasteiger partial charge is 0.379 e. The minimum atomic E-state index is 0.326. The average molecular weight is 380 g/mol. The zero-order valence-electron chi connectivity index (χ0n) is 16.8. The van der Waals surface area contributed by atoms with Crippen molar-refractivity contribution in [2.75, 3.05) is 26.3 Å². The number of morpholine rings is 1. The zero-order chi connectivity index (χ0) is 19.1. The molecule has 1 saturated carbocycles. The van der Waals surface area contributed by atoms with Gasteiger partial charge in [0.1, 0.15) is 5.65 Å². The van der Waals surface area contributed by atoms with Crippen LogP contribution in [0.1, 0.15) is 44.1 Å². The van der Waals surface area contributed by atoms with E-state index in [1.807, 2.05) is 17.9 Å². The van der Waals surface area contributed by atoms with Gasteiger partial charge < -0.3 is 9.72 Å². The van der Waals surface area contributed by atoms with E-state index in [0.29, 0.717) is 11.5 Å². The predicted molar refractivity (Wildman–Crippen MR) is 110 cm³/mol. The summed E-state index contributed by atoms with van der Waals surface area (Å²) < 4.78 is 7.40. The molecule has 6 nitrogen and oxygen atoms in total. The first-order valence-electron chi connectivity index (χ1n) is 10.4. The van der Waals surface area contributed by atoms with Crippen LogP contribution in [0.3, 0.4) is 0 Å². The van der Waals surface area contributed by atoms with Crippen molar-refractivity contribution >= 4 is 11.0 Å². The summed E-state index contributed by atoms with van der Waals surface area (Å²) >= 11 is 0. The van der Waals surface area contributed by atoms with Crippen LogP contribution in [0.5, 0.6) is 0 Å². The summed E-state index contributed by atoms with van der Waals surface area (Å²) in [5, 5.41) is 5.52. The van der Waals surface area contributed by atoms with Crippen molar-refractivity contribution in [1.29, 1.82) is 0 Å². The maximum absolute atomic E-state index is 5.55. The molecule has 0 radical (unpaired) electrons. The summed E-state index contributed by atoms with van der Waals surface area (Å²) in [7, 11) is 1.95. The molecule has 0 atom stereocenters. The zero-order valence-corrected chi connectivity index (χ0v) is 16.8. The second kappa shape index (κ2) is 7.01. The molecule has 1 aliphatic heterocycles. The fraction of sp³-hybridized carbons (Fsp3) is 0.545. The summed E-state index contributed by atoms with van der Waals surface area (Å²) in [5.74, 6) is 0.600. The highest BCUT2D eigenvalue weighted by atomic mass is 16.5. The minimum Gasteiger partial charge on any atom is -0.379 e. The van der Waals surface area contributed by atoms with E-state index in [1.165, 1.54) is 42.2 Å². The lowest BCUT2D eigenvalue weighted by Gasteiger charge is -2.47. The normalized spacial score (nSPS) is 26.7. The maximum Gasteiger partial charge on any atom is 0.137 e. The smallest absolute Gasteiger partial charge is 0.137 e. The van der Waals surface area contributed by atoms with Crippen molar-refractivity contribution in [3.8, 4) is 11.1 Å². The number of hydrogen-bond donors (Lipinski definition) is 1. The van der Waals surface area contributed by atoms with Gasteiger partial charge in [-0.2, -0.15) is 5.10 Å². The highest BCUT2D eigenvalue weighted by Gasteiger charge is 2.37. The molecule has 4 heterocycles. The number of pyridine rings is 1. The maximum atomic E-state index is 5.55. The van der Waals surface area contributed by atoms with Gasteiger partial charge in [-0.15, -0.1) is 0 Å². The number of nitrogens with one attached hydrogen (secondary N) is 1. The quantitative estimate of drug-likeness (QED) is 0.754. The number of aromatic nitrogens is 4. The lowest BCUT2D eigenvalue weighted by atomic mass is 9.74. The van der Waals surface area contributed by atoms with Crippen molar-refractivity contribution in [1.82, 2.24) is 24.6 Å². The lowest BCUT2D eigenvalue weighted by molar-refractivity contribution is -0.0314. The Balaban J connectivity index is 1.37. The van der Waals surface area contributed by atoms with E-state index in [1.54, 1.807) is 0 Å². The number of fused-ring (bicyclic) bond motifs is 1. The Hall–Kier alpha value is -2.18. The standard InChI is InChI=1S/C22H29N5O/c1-22(27-7-9-28-10-8-27)5-3-16(4-6-22)17-11-19-20(14-24-21(19)23-12-17)18-13-25-26(2)15-18/h11-16H,3-10H2,1-2H3,(H,23,24)/t16-,22-. The van der Waals surface area contributed by atoms with E-state index >= 15 is 0 Å². The van der Waals surface area contributed by atoms with Gasteiger partial charge >= 0.3 is 0 Å². The molecule has 28 heavy (non-hydrogen) atoms. The molecule has 6 heteroatoms. The van der Waals surface area contributed by atoms with Crippen LogP contribution in [0.15, 0.2) is 30.9 Å². The fourth-order valence-electron chi connectivity index (χ4n) is 5.03. The first-order chi connectivity index (χ1) is 13.6. The van der Waals surface area contributed by atoms with Gasteiger partial charge in [-0.3, -0.25) is 9.58 Å². The van der Waals surface area contributed by atoms with Gasteiger partial charge in [0, 0.05) is 60.8 Å². The molecular formula is C22H29N5O. The highest BCUT2D eigenvalue weighted by Crippen LogP contribution is 2.42. The molecule has 1 N–H and O–H groups in total. The SMILES string of the molecule is Cn1cc(-c2c[nH]c3ncc([C@H]4CC[C@](C)(N5CCOCC5)CC4)cc23)cn1. The molecule has 2 fully saturated rings. The Labute approximate surface area is 165 Å². The van der Waals surface area contributed by atoms with Gasteiger partial charge in [0.05, 0.1) is 19.4 Å². The number of aryl methyl sites for hydroxylation is 1. The van der Waals surface area contributed by atoms with Crippen LogP contribution in [0.2, 0.25) is 0 Å². The van der Waals surface area contributed by atoms with Crippen molar-refractivity contribution in [2.24, 2.45) is 7.05 Å². The number of ether oxygens (including phenoxy) is 1. The molecule has 5 rings (SSSR count). The summed E-state index contributed by atoms with van der Waals surface area (Å²) in [6, 6.07) is 2.35. The first-order valence-corrected chi connectivity index (χ1v) is 10.4. The topological polar surface area (TPSA) is 59.0 Å². The summed E-state index contributed by atoms with van der Waals surface area (Å²) in [4.78, 5) is 10.7. The van der Waals surface area contributed by atoms with Crippen molar-refractivity contribution in [3.63, 3.8) is 0 Å². The van der Waals surface area contributed by atoms with E-state index in [-0.39, 0.29) is 0 Å². The van der Waals surface area contributed by atoms with Crippen molar-refractivity contribution < 1.29 is 4.74 Å². The Morgan fingerprint density at radius 1 is 1.18 bits per heavy atom. The average Bonchev–Trinajstić information content (AvgIpc) is 3.34. The fourth-order valence-corrected chi connectivity index (χ4v) is 5.03. The van der Waals surface area contributed by atoms with Crippen LogP contribution in [-0.2, 0) is 11.8 Å². The van der Waals surface area contributed by atoms with Gasteiger partial charge in [0.25, 0.3) is 0 Å². The second-order valence-corrected chi connectivity index (χ2v) is 8.64. The Morgan fingerprint density at radius 3 is 2.68 bits per heavy atom. The number of H-pyrrole nitrogens is 1. The molecule has 2 aliphatic rings. The molecule has 0 unspecified atom stereocenters. The monoisotopic (exact) mass is 379 g/mol. The third-order valence-corrected chi connectivity index (χ3v) is 6.88. The van der Waals surface area contributed by atoms with Crippen molar-refractivity contribution in [2.45, 2.75) is 44.1 Å². The van der Waals surface area contributed by atoms with Crippen LogP contribution in [0.4, 0.5) is 0 Å². The van der Waals surface area contributed by atoms with Crippen LogP contribution < -0.4 is 0 Å². The number of nitrogens with zero attached hydrogens (tertiary/aromatic N) is 4. The molecule has 148 valence electrons. The molecule has 0 spiro atoms. The van der Waals surface area contributed by atoms with Crippen LogP contribution in [0.25, 0.3) is 22.2 Å². The summed E-state index contributed by atoms with van der Waals surface area (Å²) in [6.45, 7) is 6.36. The lowest BCUT2D eigenvalue weighted by Crippen LogP contribution is -2.53. The van der Waals surface area contributed by atoms with Crippen LogP contribution >= 0.6 is 0 Å². The second-order valence-electron chi connectivity index (χ2n) is 8.64. The molecule has 1 saturated heterocycles. The van der Waals surface area contributed by atoms with E-state index in [2.05, 4.69) is 46.6 Å². The van der Waals surface area contributed by atoms with E-state index in [9.17, 15) is 0 Å². The van der Waals surface area contributed by atoms with Gasteiger partial charge in [-0.25, -0.2) is 4.98 Å². The molecule has 1 aliphatic carbocycles. The van der Waals surface area contributed by atoms with Crippen LogP contribution in [-0.4, -0.2) is 56.5 Å². The third-order valence-electron chi connectivity index (χ3n) is 6.88. The van der Waals surface area contributed by atoms with Crippen LogP contribution in [0, 0.1) is 0 Å². The molecule has 0 amide bonds. The first kappa shape index (κ1) is 17.9. The Bertz CT molecular complexity index is 960. The number of aromatic amines is 1. The van der Waals surface area contributed by atoms with E-state index in [0.717, 1.165) is 37.5 Å². The van der Waals surface area contributed by atoms with E-state index < -0.39 is 0 Å². The molecule has 0 bridgehead atoms. The van der Waals surface area contributed by atoms with Gasteiger partial charge in [0.15, 0.2) is 0 Å². The summed E-state index contributed by atoms with van der Waals surface area (Å²) in [6.07, 6.45) is 13.1. The van der Waals surface area contributed by atoms with Crippen molar-refractivity contribution in [3.05, 3.63) is 36.4 Å². The Kier molecular flexibility index (Phi) is 4.48. The molecule has 3 aromatic heterocycles. The van der Waals surface area contributed by atoms with Gasteiger partial charge in [-0.1, -0.05) is 0 Å². The number of hydrogen-bond acceptors (Lipinski definition) is 4. The highest BCUT2D eigenvalue weighted by molar-refractivity contribution is 5.93. The van der Waals surface area contributed by atoms with E-state index in [4.69, 9.17) is 9.72 Å².